The minimum atomic E-state index is -4.68. The molecule has 0 saturated carbocycles. The van der Waals surface area contributed by atoms with Crippen LogP contribution in [-0.4, -0.2) is 76.0 Å². The lowest BCUT2D eigenvalue weighted by Crippen LogP contribution is -2.58. The Morgan fingerprint density at radius 1 is 1.20 bits per heavy atom. The van der Waals surface area contributed by atoms with Gasteiger partial charge in [0.1, 0.15) is 17.6 Å². The topological polar surface area (TPSA) is 97.7 Å². The Bertz CT molecular complexity index is 1140. The van der Waals surface area contributed by atoms with Crippen LogP contribution in [0.3, 0.4) is 0 Å². The van der Waals surface area contributed by atoms with Gasteiger partial charge >= 0.3 is 12.4 Å². The van der Waals surface area contributed by atoms with Gasteiger partial charge in [-0.25, -0.2) is 9.97 Å². The van der Waals surface area contributed by atoms with Gasteiger partial charge in [0.2, 0.25) is 0 Å². The first-order chi connectivity index (χ1) is 16.6. The summed E-state index contributed by atoms with van der Waals surface area (Å²) in [5.41, 5.74) is -0.524. The first-order valence-electron chi connectivity index (χ1n) is 10.2. The molecule has 15 heteroatoms. The molecule has 2 aromatic heterocycles. The smallest absolute Gasteiger partial charge is 0.353 e. The summed E-state index contributed by atoms with van der Waals surface area (Å²) in [7, 11) is 0. The van der Waals surface area contributed by atoms with E-state index in [1.165, 1.54) is 40.7 Å². The molecule has 2 aliphatic heterocycles. The highest BCUT2D eigenvalue weighted by Crippen LogP contribution is 2.32. The number of hydrogen-bond donors (Lipinski definition) is 2. The van der Waals surface area contributed by atoms with Gasteiger partial charge in [0.15, 0.2) is 11.5 Å². The predicted octanol–water partition coefficient (Wildman–Crippen LogP) is 3.07. The fourth-order valence-corrected chi connectivity index (χ4v) is 3.67. The first-order valence-corrected chi connectivity index (χ1v) is 10.2. The Hall–Kier alpha value is -3.75. The summed E-state index contributed by atoms with van der Waals surface area (Å²) in [5.74, 6) is 0.129. The van der Waals surface area contributed by atoms with Crippen LogP contribution in [0.2, 0.25) is 0 Å². The molecule has 0 radical (unpaired) electrons. The molecule has 2 unspecified atom stereocenters. The Balaban J connectivity index is 1.66. The van der Waals surface area contributed by atoms with Crippen LogP contribution in [0, 0.1) is 0 Å². The van der Waals surface area contributed by atoms with E-state index < -0.39 is 36.7 Å². The van der Waals surface area contributed by atoms with Crippen molar-refractivity contribution in [2.24, 2.45) is 9.98 Å². The summed E-state index contributed by atoms with van der Waals surface area (Å²) >= 11 is 0. The van der Waals surface area contributed by atoms with Gasteiger partial charge in [0, 0.05) is 43.5 Å². The van der Waals surface area contributed by atoms with E-state index >= 15 is 0 Å². The van der Waals surface area contributed by atoms with Crippen molar-refractivity contribution in [2.75, 3.05) is 24.5 Å². The number of anilines is 1. The van der Waals surface area contributed by atoms with E-state index in [4.69, 9.17) is 0 Å². The maximum absolute atomic E-state index is 13.6. The molecular weight excluding hydrogens is 480 g/mol. The van der Waals surface area contributed by atoms with Crippen molar-refractivity contribution in [1.29, 1.82) is 0 Å². The van der Waals surface area contributed by atoms with Crippen molar-refractivity contribution in [3.05, 3.63) is 54.1 Å². The fraction of sp³-hybridized carbons (Fsp3) is 0.350. The molecule has 1 fully saturated rings. The van der Waals surface area contributed by atoms with E-state index in [2.05, 4.69) is 42.2 Å². The summed E-state index contributed by atoms with van der Waals surface area (Å²) in [6.45, 7) is 3.02. The molecule has 0 amide bonds. The number of nitrogens with one attached hydrogen (secondary N) is 2. The fourth-order valence-electron chi connectivity index (χ4n) is 3.67. The van der Waals surface area contributed by atoms with Gasteiger partial charge in [-0.2, -0.15) is 31.4 Å². The summed E-state index contributed by atoms with van der Waals surface area (Å²) < 4.78 is 80.4. The van der Waals surface area contributed by atoms with Crippen molar-refractivity contribution < 1.29 is 26.3 Å². The molecule has 4 heterocycles. The number of halogens is 6. The third kappa shape index (κ3) is 5.50. The molecule has 9 nitrogen and oxygen atoms in total. The largest absolute Gasteiger partial charge is 0.434 e. The van der Waals surface area contributed by atoms with Crippen LogP contribution in [0.4, 0.5) is 32.2 Å². The van der Waals surface area contributed by atoms with Crippen molar-refractivity contribution in [1.82, 2.24) is 30.4 Å². The average Bonchev–Trinajstić information content (AvgIpc) is 3.36. The number of aromatic nitrogens is 4. The predicted molar refractivity (Wildman–Crippen MR) is 115 cm³/mol. The van der Waals surface area contributed by atoms with E-state index in [9.17, 15) is 26.3 Å². The molecule has 2 atom stereocenters. The van der Waals surface area contributed by atoms with Crippen molar-refractivity contribution in [3.63, 3.8) is 0 Å². The van der Waals surface area contributed by atoms with E-state index in [1.54, 1.807) is 0 Å². The Labute approximate surface area is 195 Å². The standard InChI is InChI=1S/C20H19F6N9/c1-27-8-14(34-5-4-28-15(10-34)19(21,22)23)18-29-3-2-17(33-18)35-9-13(12-6-30-31-7-12)32-16(11-35)20(24,25)26/h2-4,6-8,10,13,16,32H,1,5,9,11H2,(H,30,31)/b14-8-. The molecular formula is C20H19F6N9. The van der Waals surface area contributed by atoms with E-state index in [-0.39, 0.29) is 30.4 Å². The van der Waals surface area contributed by atoms with E-state index in [0.717, 1.165) is 12.4 Å². The second kappa shape index (κ2) is 9.48. The zero-order valence-corrected chi connectivity index (χ0v) is 17.9. The number of H-pyrrole nitrogens is 1. The van der Waals surface area contributed by atoms with Gasteiger partial charge in [0.25, 0.3) is 0 Å². The first kappa shape index (κ1) is 24.4. The van der Waals surface area contributed by atoms with Crippen LogP contribution in [0.25, 0.3) is 5.70 Å². The maximum Gasteiger partial charge on any atom is 0.434 e. The normalized spacial score (nSPS) is 21.8. The zero-order chi connectivity index (χ0) is 25.2. The number of aliphatic imine (C=N–C) groups is 2. The van der Waals surface area contributed by atoms with Gasteiger partial charge in [-0.05, 0) is 12.8 Å². The number of rotatable bonds is 5. The third-order valence-electron chi connectivity index (χ3n) is 5.32. The Kier molecular flexibility index (Phi) is 6.60. The lowest BCUT2D eigenvalue weighted by molar-refractivity contribution is -0.158. The van der Waals surface area contributed by atoms with E-state index in [0.29, 0.717) is 5.56 Å². The molecule has 35 heavy (non-hydrogen) atoms. The minimum Gasteiger partial charge on any atom is -0.353 e. The van der Waals surface area contributed by atoms with Gasteiger partial charge in [-0.3, -0.25) is 20.4 Å². The van der Waals surface area contributed by atoms with Crippen LogP contribution in [-0.2, 0) is 0 Å². The lowest BCUT2D eigenvalue weighted by atomic mass is 10.0. The maximum atomic E-state index is 13.6. The van der Waals surface area contributed by atoms with E-state index in [1.807, 2.05) is 0 Å². The van der Waals surface area contributed by atoms with Crippen LogP contribution >= 0.6 is 0 Å². The quantitative estimate of drug-likeness (QED) is 0.485. The summed E-state index contributed by atoms with van der Waals surface area (Å²) in [4.78, 5) is 18.1. The number of nitrogens with zero attached hydrogens (tertiary/aromatic N) is 7. The molecule has 4 rings (SSSR count). The average molecular weight is 499 g/mol. The van der Waals surface area contributed by atoms with Crippen LogP contribution in [0.15, 0.2) is 52.7 Å². The molecule has 2 N–H and O–H groups in total. The second-order valence-electron chi connectivity index (χ2n) is 7.66. The van der Waals surface area contributed by atoms with Gasteiger partial charge in [0.05, 0.1) is 25.0 Å². The molecule has 0 spiro atoms. The molecule has 0 bridgehead atoms. The van der Waals surface area contributed by atoms with Crippen LogP contribution in [0.1, 0.15) is 17.4 Å². The van der Waals surface area contributed by atoms with Gasteiger partial charge < -0.3 is 9.80 Å². The Morgan fingerprint density at radius 2 is 2.00 bits per heavy atom. The SMILES string of the molecule is C=N/C=C(/c1nccc(N2CC(c3cn[nH]c3)NC(C(F)(F)F)C2)n1)N1C=C(C(F)(F)F)N=CC1. The Morgan fingerprint density at radius 3 is 2.66 bits per heavy atom. The molecule has 0 aliphatic carbocycles. The highest BCUT2D eigenvalue weighted by atomic mass is 19.4. The van der Waals surface area contributed by atoms with Gasteiger partial charge in [-0.1, -0.05) is 0 Å². The number of piperazine rings is 1. The summed E-state index contributed by atoms with van der Waals surface area (Å²) in [5, 5.41) is 8.96. The molecule has 2 aromatic rings. The molecule has 2 aliphatic rings. The number of alkyl halides is 6. The number of hydrogen-bond acceptors (Lipinski definition) is 8. The number of aromatic amines is 1. The summed E-state index contributed by atoms with van der Waals surface area (Å²) in [6, 6.07) is -1.12. The zero-order valence-electron chi connectivity index (χ0n) is 17.9. The molecule has 0 aromatic carbocycles. The second-order valence-corrected chi connectivity index (χ2v) is 7.66. The monoisotopic (exact) mass is 499 g/mol. The molecule has 186 valence electrons. The molecule has 1 saturated heterocycles. The van der Waals surface area contributed by atoms with Crippen LogP contribution in [0.5, 0.6) is 0 Å². The highest BCUT2D eigenvalue weighted by Gasteiger charge is 2.45. The highest BCUT2D eigenvalue weighted by molar-refractivity contribution is 5.70. The lowest BCUT2D eigenvalue weighted by Gasteiger charge is -2.40. The number of allylic oxidation sites excluding steroid dienone is 1. The minimum absolute atomic E-state index is 0.0269. The van der Waals surface area contributed by atoms with Crippen molar-refractivity contribution in [3.8, 4) is 0 Å². The van der Waals surface area contributed by atoms with Gasteiger partial charge in [-0.15, -0.1) is 0 Å². The summed E-state index contributed by atoms with van der Waals surface area (Å²) in [6.07, 6.45) is -1.93. The van der Waals surface area contributed by atoms with Crippen molar-refractivity contribution in [2.45, 2.75) is 24.4 Å². The van der Waals surface area contributed by atoms with Crippen LogP contribution < -0.4 is 10.2 Å². The third-order valence-corrected chi connectivity index (χ3v) is 5.32. The van der Waals surface area contributed by atoms with Crippen molar-refractivity contribution >= 4 is 24.4 Å².